The summed E-state index contributed by atoms with van der Waals surface area (Å²) in [5, 5.41) is 0.481. The molecule has 0 amide bonds. The first-order valence-electron chi connectivity index (χ1n) is 5.87. The Hall–Kier alpha value is -0.870. The third-order valence-electron chi connectivity index (χ3n) is 3.31. The largest absolute Gasteiger partial charge is 0.377 e. The smallest absolute Gasteiger partial charge is 0.158 e. The molecular weight excluding hydrogens is 238 g/mol. The van der Waals surface area contributed by atoms with Crippen molar-refractivity contribution in [2.75, 3.05) is 25.1 Å². The summed E-state index contributed by atoms with van der Waals surface area (Å²) in [7, 11) is 1.63. The van der Waals surface area contributed by atoms with Gasteiger partial charge in [-0.2, -0.15) is 0 Å². The van der Waals surface area contributed by atoms with Crippen molar-refractivity contribution in [3.63, 3.8) is 0 Å². The Bertz CT molecular complexity index is 389. The van der Waals surface area contributed by atoms with Crippen molar-refractivity contribution in [3.8, 4) is 0 Å². The van der Waals surface area contributed by atoms with E-state index in [4.69, 9.17) is 16.3 Å². The second kappa shape index (κ2) is 5.19. The zero-order valence-electron chi connectivity index (χ0n) is 10.5. The molecule has 2 atom stereocenters. The summed E-state index contributed by atoms with van der Waals surface area (Å²) >= 11 is 6.00. The molecular formula is C12H18ClN3O. The highest BCUT2D eigenvalue weighted by Crippen LogP contribution is 2.27. The van der Waals surface area contributed by atoms with Gasteiger partial charge in [0.1, 0.15) is 17.6 Å². The molecule has 1 aromatic heterocycles. The summed E-state index contributed by atoms with van der Waals surface area (Å²) in [6.07, 6.45) is 0. The zero-order valence-corrected chi connectivity index (χ0v) is 11.2. The van der Waals surface area contributed by atoms with E-state index < -0.39 is 0 Å². The van der Waals surface area contributed by atoms with Gasteiger partial charge >= 0.3 is 0 Å². The van der Waals surface area contributed by atoms with Crippen LogP contribution in [0.4, 0.5) is 5.82 Å². The summed E-state index contributed by atoms with van der Waals surface area (Å²) in [4.78, 5) is 10.9. The average molecular weight is 256 g/mol. The number of nitrogens with zero attached hydrogens (tertiary/aromatic N) is 3. The Labute approximate surface area is 107 Å². The molecule has 17 heavy (non-hydrogen) atoms. The number of hydrogen-bond acceptors (Lipinski definition) is 4. The summed E-state index contributed by atoms with van der Waals surface area (Å²) in [5.74, 6) is 2.93. The fourth-order valence-electron chi connectivity index (χ4n) is 2.12. The van der Waals surface area contributed by atoms with Gasteiger partial charge in [0.2, 0.25) is 0 Å². The SMILES string of the molecule is COCc1nc(Cl)cc(N2CC(C)C(C)C2)n1. The number of ether oxygens (including phenoxy) is 1. The molecule has 1 saturated heterocycles. The van der Waals surface area contributed by atoms with E-state index in [0.717, 1.165) is 18.9 Å². The van der Waals surface area contributed by atoms with Crippen molar-refractivity contribution in [1.82, 2.24) is 9.97 Å². The third kappa shape index (κ3) is 2.87. The number of methoxy groups -OCH3 is 1. The summed E-state index contributed by atoms with van der Waals surface area (Å²) < 4.78 is 5.04. The highest BCUT2D eigenvalue weighted by Gasteiger charge is 2.27. The van der Waals surface area contributed by atoms with Crippen LogP contribution in [0.2, 0.25) is 5.15 Å². The summed E-state index contributed by atoms with van der Waals surface area (Å²) in [6, 6.07) is 1.82. The number of halogens is 1. The van der Waals surface area contributed by atoms with Crippen molar-refractivity contribution in [2.24, 2.45) is 11.8 Å². The van der Waals surface area contributed by atoms with E-state index in [1.807, 2.05) is 6.07 Å². The van der Waals surface area contributed by atoms with Crippen LogP contribution in [-0.4, -0.2) is 30.2 Å². The number of anilines is 1. The average Bonchev–Trinajstić information content (AvgIpc) is 2.59. The highest BCUT2D eigenvalue weighted by atomic mass is 35.5. The van der Waals surface area contributed by atoms with Crippen LogP contribution in [0.15, 0.2) is 6.07 Å². The molecule has 0 aromatic carbocycles. The lowest BCUT2D eigenvalue weighted by Gasteiger charge is -2.17. The second-order valence-corrected chi connectivity index (χ2v) is 5.14. The quantitative estimate of drug-likeness (QED) is 0.778. The first-order valence-corrected chi connectivity index (χ1v) is 6.25. The van der Waals surface area contributed by atoms with Crippen LogP contribution in [0.25, 0.3) is 0 Å². The fourth-order valence-corrected chi connectivity index (χ4v) is 2.32. The van der Waals surface area contributed by atoms with Crippen LogP contribution < -0.4 is 4.90 Å². The van der Waals surface area contributed by atoms with Crippen LogP contribution in [0.1, 0.15) is 19.7 Å². The molecule has 0 bridgehead atoms. The molecule has 94 valence electrons. The minimum Gasteiger partial charge on any atom is -0.377 e. The Kier molecular flexibility index (Phi) is 3.84. The molecule has 1 aromatic rings. The van der Waals surface area contributed by atoms with Crippen LogP contribution >= 0.6 is 11.6 Å². The maximum Gasteiger partial charge on any atom is 0.158 e. The van der Waals surface area contributed by atoms with Gasteiger partial charge in [-0.3, -0.25) is 0 Å². The number of aromatic nitrogens is 2. The normalized spacial score (nSPS) is 24.4. The topological polar surface area (TPSA) is 38.2 Å². The fraction of sp³-hybridized carbons (Fsp3) is 0.667. The monoisotopic (exact) mass is 255 g/mol. The third-order valence-corrected chi connectivity index (χ3v) is 3.51. The van der Waals surface area contributed by atoms with Crippen LogP contribution in [-0.2, 0) is 11.3 Å². The molecule has 0 saturated carbocycles. The van der Waals surface area contributed by atoms with Crippen molar-refractivity contribution in [2.45, 2.75) is 20.5 Å². The minimum absolute atomic E-state index is 0.395. The lowest BCUT2D eigenvalue weighted by Crippen LogP contribution is -2.21. The first-order chi connectivity index (χ1) is 8.10. The van der Waals surface area contributed by atoms with Crippen LogP contribution in [0.3, 0.4) is 0 Å². The van der Waals surface area contributed by atoms with Gasteiger partial charge in [0.25, 0.3) is 0 Å². The molecule has 2 rings (SSSR count). The number of hydrogen-bond donors (Lipinski definition) is 0. The second-order valence-electron chi connectivity index (χ2n) is 4.76. The lowest BCUT2D eigenvalue weighted by atomic mass is 10.0. The van der Waals surface area contributed by atoms with E-state index in [1.165, 1.54) is 0 Å². The van der Waals surface area contributed by atoms with Crippen molar-refractivity contribution >= 4 is 17.4 Å². The van der Waals surface area contributed by atoms with E-state index >= 15 is 0 Å². The predicted octanol–water partition coefficient (Wildman–Crippen LogP) is 2.37. The molecule has 1 aliphatic rings. The van der Waals surface area contributed by atoms with Crippen molar-refractivity contribution in [3.05, 3.63) is 17.0 Å². The molecule has 2 heterocycles. The highest BCUT2D eigenvalue weighted by molar-refractivity contribution is 6.29. The van der Waals surface area contributed by atoms with E-state index in [9.17, 15) is 0 Å². The van der Waals surface area contributed by atoms with E-state index in [0.29, 0.717) is 29.4 Å². The molecule has 5 heteroatoms. The zero-order chi connectivity index (χ0) is 12.4. The Balaban J connectivity index is 2.20. The Morgan fingerprint density at radius 2 is 2.00 bits per heavy atom. The Morgan fingerprint density at radius 3 is 2.59 bits per heavy atom. The van der Waals surface area contributed by atoms with Gasteiger partial charge in [-0.1, -0.05) is 25.4 Å². The maximum absolute atomic E-state index is 6.00. The van der Waals surface area contributed by atoms with Gasteiger partial charge in [0, 0.05) is 26.3 Å². The molecule has 0 radical (unpaired) electrons. The van der Waals surface area contributed by atoms with Gasteiger partial charge in [-0.05, 0) is 11.8 Å². The Morgan fingerprint density at radius 1 is 1.35 bits per heavy atom. The molecule has 1 aliphatic heterocycles. The van der Waals surface area contributed by atoms with Crippen LogP contribution in [0, 0.1) is 11.8 Å². The van der Waals surface area contributed by atoms with Crippen LogP contribution in [0.5, 0.6) is 0 Å². The van der Waals surface area contributed by atoms with E-state index in [1.54, 1.807) is 7.11 Å². The van der Waals surface area contributed by atoms with Gasteiger partial charge < -0.3 is 9.64 Å². The maximum atomic E-state index is 6.00. The van der Waals surface area contributed by atoms with Gasteiger partial charge in [-0.25, -0.2) is 9.97 Å². The molecule has 0 aliphatic carbocycles. The predicted molar refractivity (Wildman–Crippen MR) is 68.3 cm³/mol. The lowest BCUT2D eigenvalue weighted by molar-refractivity contribution is 0.178. The summed E-state index contributed by atoms with van der Waals surface area (Å²) in [5.41, 5.74) is 0. The van der Waals surface area contributed by atoms with E-state index in [2.05, 4.69) is 28.7 Å². The van der Waals surface area contributed by atoms with Crippen molar-refractivity contribution in [1.29, 1.82) is 0 Å². The molecule has 0 spiro atoms. The minimum atomic E-state index is 0.395. The van der Waals surface area contributed by atoms with Gasteiger partial charge in [0.05, 0.1) is 0 Å². The molecule has 1 fully saturated rings. The van der Waals surface area contributed by atoms with E-state index in [-0.39, 0.29) is 0 Å². The first kappa shape index (κ1) is 12.6. The molecule has 4 nitrogen and oxygen atoms in total. The molecule has 2 unspecified atom stereocenters. The number of rotatable bonds is 3. The standard InChI is InChI=1S/C12H18ClN3O/c1-8-5-16(6-9(8)2)12-4-10(13)14-11(15-12)7-17-3/h4,8-9H,5-7H2,1-3H3. The van der Waals surface area contributed by atoms with Crippen molar-refractivity contribution < 1.29 is 4.74 Å². The summed E-state index contributed by atoms with van der Waals surface area (Å²) in [6.45, 7) is 6.99. The van der Waals surface area contributed by atoms with Gasteiger partial charge in [0.15, 0.2) is 5.82 Å². The van der Waals surface area contributed by atoms with Gasteiger partial charge in [-0.15, -0.1) is 0 Å². The molecule has 0 N–H and O–H groups in total.